The third-order valence-corrected chi connectivity index (χ3v) is 2.21. The van der Waals surface area contributed by atoms with Crippen molar-refractivity contribution in [2.75, 3.05) is 0 Å². The van der Waals surface area contributed by atoms with E-state index in [-0.39, 0.29) is 12.5 Å². The summed E-state index contributed by atoms with van der Waals surface area (Å²) >= 11 is 0. The molecule has 0 spiro atoms. The van der Waals surface area contributed by atoms with Gasteiger partial charge in [0.2, 0.25) is 0 Å². The Balaban J connectivity index is 1.81. The summed E-state index contributed by atoms with van der Waals surface area (Å²) in [4.78, 5) is 15.3. The van der Waals surface area contributed by atoms with Gasteiger partial charge in [-0.05, 0) is 12.8 Å². The molecule has 0 aromatic carbocycles. The summed E-state index contributed by atoms with van der Waals surface area (Å²) in [5.74, 6) is -0.212. The van der Waals surface area contributed by atoms with Gasteiger partial charge < -0.3 is 9.94 Å². The summed E-state index contributed by atoms with van der Waals surface area (Å²) in [5.41, 5.74) is 1.07. The van der Waals surface area contributed by atoms with Crippen LogP contribution < -0.4 is 0 Å². The molecule has 1 aliphatic carbocycles. The molecule has 1 fully saturated rings. The minimum absolute atomic E-state index is 0.0692. The summed E-state index contributed by atoms with van der Waals surface area (Å²) in [6.07, 6.45) is 2.97. The molecule has 2 rings (SSSR count). The Morgan fingerprint density at radius 2 is 2.42 bits per heavy atom. The Bertz CT molecular complexity index is 232. The predicted molar refractivity (Wildman–Crippen MR) is 41.9 cm³/mol. The molecule has 1 aliphatic heterocycles. The highest BCUT2D eigenvalue weighted by molar-refractivity contribution is 5.90. The molecule has 1 saturated carbocycles. The average Bonchev–Trinajstić information content (AvgIpc) is 2.73. The summed E-state index contributed by atoms with van der Waals surface area (Å²) in [6, 6.07) is 0. The second-order valence-electron chi connectivity index (χ2n) is 3.39. The fraction of sp³-hybridized carbons (Fsp3) is 0.750. The molecule has 1 N–H and O–H groups in total. The van der Waals surface area contributed by atoms with Crippen LogP contribution in [-0.2, 0) is 9.63 Å². The lowest BCUT2D eigenvalue weighted by atomic mass is 10.1. The van der Waals surface area contributed by atoms with E-state index in [9.17, 15) is 4.79 Å². The van der Waals surface area contributed by atoms with Gasteiger partial charge in [-0.15, -0.1) is 0 Å². The molecular formula is C8H11NO3. The van der Waals surface area contributed by atoms with Crippen LogP contribution in [0.2, 0.25) is 0 Å². The number of carboxylic acid groups (broad SMARTS) is 1. The molecule has 4 nitrogen and oxygen atoms in total. The Kier molecular flexibility index (Phi) is 1.75. The topological polar surface area (TPSA) is 58.9 Å². The van der Waals surface area contributed by atoms with Gasteiger partial charge in [-0.2, -0.15) is 0 Å². The second-order valence-corrected chi connectivity index (χ2v) is 3.39. The molecule has 1 unspecified atom stereocenters. The number of aliphatic carboxylic acids is 1. The molecule has 66 valence electrons. The van der Waals surface area contributed by atoms with Crippen molar-refractivity contribution < 1.29 is 14.7 Å². The Morgan fingerprint density at radius 3 is 3.00 bits per heavy atom. The van der Waals surface area contributed by atoms with E-state index < -0.39 is 5.97 Å². The molecule has 0 saturated heterocycles. The van der Waals surface area contributed by atoms with Gasteiger partial charge in [-0.25, -0.2) is 0 Å². The number of carbonyl (C=O) groups is 1. The maximum Gasteiger partial charge on any atom is 0.307 e. The molecule has 0 aromatic rings. The zero-order chi connectivity index (χ0) is 8.55. The molecule has 2 aliphatic rings. The number of hydrogen-bond acceptors (Lipinski definition) is 3. The van der Waals surface area contributed by atoms with Gasteiger partial charge in [-0.3, -0.25) is 4.79 Å². The molecular weight excluding hydrogens is 158 g/mol. The Hall–Kier alpha value is -1.06. The normalized spacial score (nSPS) is 28.0. The molecule has 1 heterocycles. The van der Waals surface area contributed by atoms with Crippen molar-refractivity contribution in [2.24, 2.45) is 11.1 Å². The van der Waals surface area contributed by atoms with E-state index in [0.29, 0.717) is 5.92 Å². The van der Waals surface area contributed by atoms with Crippen molar-refractivity contribution in [3.63, 3.8) is 0 Å². The van der Waals surface area contributed by atoms with Crippen LogP contribution in [0.15, 0.2) is 5.16 Å². The van der Waals surface area contributed by atoms with Gasteiger partial charge in [0.15, 0.2) is 0 Å². The third kappa shape index (κ3) is 1.57. The van der Waals surface area contributed by atoms with E-state index in [1.165, 1.54) is 12.8 Å². The van der Waals surface area contributed by atoms with Crippen LogP contribution >= 0.6 is 0 Å². The molecule has 1 atom stereocenters. The van der Waals surface area contributed by atoms with Crippen molar-refractivity contribution in [1.29, 1.82) is 0 Å². The van der Waals surface area contributed by atoms with Crippen molar-refractivity contribution in [3.8, 4) is 0 Å². The first-order chi connectivity index (χ1) is 5.75. The number of carboxylic acids is 1. The van der Waals surface area contributed by atoms with Gasteiger partial charge in [0.05, 0.1) is 12.1 Å². The summed E-state index contributed by atoms with van der Waals surface area (Å²) in [6.45, 7) is 0. The van der Waals surface area contributed by atoms with Crippen LogP contribution in [0, 0.1) is 5.92 Å². The Morgan fingerprint density at radius 1 is 1.67 bits per heavy atom. The van der Waals surface area contributed by atoms with E-state index in [0.717, 1.165) is 12.1 Å². The predicted octanol–water partition coefficient (Wildman–Crippen LogP) is 1.02. The quantitative estimate of drug-likeness (QED) is 0.686. The summed E-state index contributed by atoms with van der Waals surface area (Å²) in [5, 5.41) is 12.4. The Labute approximate surface area is 70.2 Å². The maximum atomic E-state index is 10.3. The minimum Gasteiger partial charge on any atom is -0.481 e. The smallest absolute Gasteiger partial charge is 0.307 e. The van der Waals surface area contributed by atoms with Gasteiger partial charge in [0.1, 0.15) is 6.10 Å². The second kappa shape index (κ2) is 2.77. The number of hydrogen-bond donors (Lipinski definition) is 1. The van der Waals surface area contributed by atoms with Crippen molar-refractivity contribution in [2.45, 2.75) is 31.8 Å². The van der Waals surface area contributed by atoms with Crippen molar-refractivity contribution in [3.05, 3.63) is 0 Å². The van der Waals surface area contributed by atoms with Crippen LogP contribution in [0.3, 0.4) is 0 Å². The first kappa shape index (κ1) is 7.58. The standard InChI is InChI=1S/C8H11NO3/c10-8(11)4-6-3-7(9-12-6)5-1-2-5/h5-6H,1-4H2,(H,10,11). The lowest BCUT2D eigenvalue weighted by molar-refractivity contribution is -0.139. The zero-order valence-corrected chi connectivity index (χ0v) is 6.69. The first-order valence-electron chi connectivity index (χ1n) is 4.20. The third-order valence-electron chi connectivity index (χ3n) is 2.21. The van der Waals surface area contributed by atoms with Gasteiger partial charge in [0, 0.05) is 12.3 Å². The van der Waals surface area contributed by atoms with Crippen LogP contribution in [-0.4, -0.2) is 22.9 Å². The highest BCUT2D eigenvalue weighted by Crippen LogP contribution is 2.35. The highest BCUT2D eigenvalue weighted by atomic mass is 16.6. The SMILES string of the molecule is O=C(O)CC1CC(C2CC2)=NO1. The molecule has 0 aromatic heterocycles. The van der Waals surface area contributed by atoms with E-state index >= 15 is 0 Å². The lowest BCUT2D eigenvalue weighted by Gasteiger charge is -2.02. The van der Waals surface area contributed by atoms with Crippen LogP contribution in [0.5, 0.6) is 0 Å². The van der Waals surface area contributed by atoms with E-state index in [1.54, 1.807) is 0 Å². The van der Waals surface area contributed by atoms with Gasteiger partial charge in [0.25, 0.3) is 0 Å². The fourth-order valence-corrected chi connectivity index (χ4v) is 1.41. The van der Waals surface area contributed by atoms with E-state index in [1.807, 2.05) is 0 Å². The van der Waals surface area contributed by atoms with Crippen molar-refractivity contribution in [1.82, 2.24) is 0 Å². The van der Waals surface area contributed by atoms with Crippen LogP contribution in [0.1, 0.15) is 25.7 Å². The van der Waals surface area contributed by atoms with E-state index in [2.05, 4.69) is 5.16 Å². The fourth-order valence-electron chi connectivity index (χ4n) is 1.41. The molecule has 0 bridgehead atoms. The monoisotopic (exact) mass is 169 g/mol. The minimum atomic E-state index is -0.813. The number of oxime groups is 1. The molecule has 0 amide bonds. The first-order valence-corrected chi connectivity index (χ1v) is 4.20. The van der Waals surface area contributed by atoms with E-state index in [4.69, 9.17) is 9.94 Å². The average molecular weight is 169 g/mol. The molecule has 4 heteroatoms. The van der Waals surface area contributed by atoms with Crippen molar-refractivity contribution >= 4 is 11.7 Å². The summed E-state index contributed by atoms with van der Waals surface area (Å²) < 4.78 is 0. The number of rotatable bonds is 3. The molecule has 12 heavy (non-hydrogen) atoms. The zero-order valence-electron chi connectivity index (χ0n) is 6.69. The van der Waals surface area contributed by atoms with Crippen LogP contribution in [0.4, 0.5) is 0 Å². The summed E-state index contributed by atoms with van der Waals surface area (Å²) in [7, 11) is 0. The number of nitrogens with zero attached hydrogens (tertiary/aromatic N) is 1. The van der Waals surface area contributed by atoms with Gasteiger partial charge in [-0.1, -0.05) is 5.16 Å². The highest BCUT2D eigenvalue weighted by Gasteiger charge is 2.34. The maximum absolute atomic E-state index is 10.3. The largest absolute Gasteiger partial charge is 0.481 e. The lowest BCUT2D eigenvalue weighted by Crippen LogP contribution is -2.13. The van der Waals surface area contributed by atoms with Gasteiger partial charge >= 0.3 is 5.97 Å². The molecule has 0 radical (unpaired) electrons. The van der Waals surface area contributed by atoms with Crippen LogP contribution in [0.25, 0.3) is 0 Å².